The average molecular weight is 273 g/mol. The van der Waals surface area contributed by atoms with Gasteiger partial charge in [0.15, 0.2) is 0 Å². The SMILES string of the molecule is CCSCCCN1CC(C(C)(C)C)NCC1CC. The van der Waals surface area contributed by atoms with Crippen LogP contribution < -0.4 is 5.32 Å². The van der Waals surface area contributed by atoms with Gasteiger partial charge in [0.25, 0.3) is 0 Å². The van der Waals surface area contributed by atoms with Crippen LogP contribution in [-0.2, 0) is 0 Å². The summed E-state index contributed by atoms with van der Waals surface area (Å²) in [5, 5.41) is 3.74. The summed E-state index contributed by atoms with van der Waals surface area (Å²) in [6, 6.07) is 1.38. The van der Waals surface area contributed by atoms with E-state index < -0.39 is 0 Å². The minimum absolute atomic E-state index is 0.370. The van der Waals surface area contributed by atoms with Gasteiger partial charge in [-0.05, 0) is 36.3 Å². The predicted molar refractivity (Wildman–Crippen MR) is 84.5 cm³/mol. The lowest BCUT2D eigenvalue weighted by atomic mass is 9.84. The molecule has 0 bridgehead atoms. The molecule has 1 aliphatic heterocycles. The summed E-state index contributed by atoms with van der Waals surface area (Å²) in [5.74, 6) is 2.57. The second-order valence-electron chi connectivity index (χ2n) is 6.43. The van der Waals surface area contributed by atoms with Crippen LogP contribution in [0.3, 0.4) is 0 Å². The van der Waals surface area contributed by atoms with Crippen LogP contribution in [-0.4, -0.2) is 48.1 Å². The minimum atomic E-state index is 0.370. The number of rotatable bonds is 6. The van der Waals surface area contributed by atoms with Crippen LogP contribution >= 0.6 is 11.8 Å². The van der Waals surface area contributed by atoms with Gasteiger partial charge in [-0.2, -0.15) is 11.8 Å². The van der Waals surface area contributed by atoms with Crippen molar-refractivity contribution in [2.24, 2.45) is 5.41 Å². The molecular weight excluding hydrogens is 240 g/mol. The van der Waals surface area contributed by atoms with Gasteiger partial charge < -0.3 is 5.32 Å². The maximum absolute atomic E-state index is 3.74. The molecule has 0 aromatic heterocycles. The zero-order valence-electron chi connectivity index (χ0n) is 13.0. The molecule has 0 radical (unpaired) electrons. The van der Waals surface area contributed by atoms with E-state index in [4.69, 9.17) is 0 Å². The van der Waals surface area contributed by atoms with Crippen molar-refractivity contribution in [2.45, 2.75) is 59.5 Å². The first-order valence-electron chi connectivity index (χ1n) is 7.54. The third kappa shape index (κ3) is 5.10. The van der Waals surface area contributed by atoms with E-state index in [-0.39, 0.29) is 0 Å². The zero-order chi connectivity index (χ0) is 13.6. The standard InChI is InChI=1S/C15H32N2S/c1-6-13-11-16-14(15(3,4)5)12-17(13)9-8-10-18-7-2/h13-14,16H,6-12H2,1-5H3. The van der Waals surface area contributed by atoms with Crippen molar-refractivity contribution in [3.8, 4) is 0 Å². The summed E-state index contributed by atoms with van der Waals surface area (Å²) in [4.78, 5) is 2.72. The van der Waals surface area contributed by atoms with Gasteiger partial charge in [-0.25, -0.2) is 0 Å². The highest BCUT2D eigenvalue weighted by molar-refractivity contribution is 7.99. The first-order chi connectivity index (χ1) is 8.49. The van der Waals surface area contributed by atoms with Crippen LogP contribution in [0.5, 0.6) is 0 Å². The number of thioether (sulfide) groups is 1. The van der Waals surface area contributed by atoms with Crippen LogP contribution in [0.25, 0.3) is 0 Å². The smallest absolute Gasteiger partial charge is 0.0244 e. The molecule has 1 aliphatic rings. The van der Waals surface area contributed by atoms with E-state index in [0.717, 1.165) is 6.04 Å². The molecule has 0 aliphatic carbocycles. The normalized spacial score (nSPS) is 26.5. The van der Waals surface area contributed by atoms with E-state index in [1.807, 2.05) is 0 Å². The van der Waals surface area contributed by atoms with Gasteiger partial charge in [0, 0.05) is 25.2 Å². The van der Waals surface area contributed by atoms with Crippen molar-refractivity contribution < 1.29 is 0 Å². The molecule has 3 heteroatoms. The number of hydrogen-bond acceptors (Lipinski definition) is 3. The Hall–Kier alpha value is 0.270. The number of piperazine rings is 1. The van der Waals surface area contributed by atoms with Gasteiger partial charge in [-0.1, -0.05) is 34.6 Å². The molecule has 2 nitrogen and oxygen atoms in total. The van der Waals surface area contributed by atoms with Crippen molar-refractivity contribution in [2.75, 3.05) is 31.1 Å². The Bertz CT molecular complexity index is 225. The van der Waals surface area contributed by atoms with Gasteiger partial charge in [0.1, 0.15) is 0 Å². The minimum Gasteiger partial charge on any atom is -0.311 e. The van der Waals surface area contributed by atoms with E-state index in [0.29, 0.717) is 11.5 Å². The highest BCUT2D eigenvalue weighted by atomic mass is 32.2. The zero-order valence-corrected chi connectivity index (χ0v) is 13.8. The summed E-state index contributed by atoms with van der Waals surface area (Å²) in [6.07, 6.45) is 2.61. The van der Waals surface area contributed by atoms with Gasteiger partial charge in [-0.3, -0.25) is 4.90 Å². The fraction of sp³-hybridized carbons (Fsp3) is 1.00. The van der Waals surface area contributed by atoms with Crippen LogP contribution in [0.15, 0.2) is 0 Å². The molecule has 0 aromatic rings. The van der Waals surface area contributed by atoms with Crippen LogP contribution in [0.1, 0.15) is 47.5 Å². The summed E-state index contributed by atoms with van der Waals surface area (Å²) in [6.45, 7) is 15.3. The molecule has 0 amide bonds. The van der Waals surface area contributed by atoms with Crippen molar-refractivity contribution in [3.63, 3.8) is 0 Å². The van der Waals surface area contributed by atoms with Crippen molar-refractivity contribution in [1.29, 1.82) is 0 Å². The molecule has 2 unspecified atom stereocenters. The predicted octanol–water partition coefficient (Wildman–Crippen LogP) is 3.23. The Labute approximate surface area is 118 Å². The molecule has 0 spiro atoms. The van der Waals surface area contributed by atoms with Gasteiger partial charge >= 0.3 is 0 Å². The largest absolute Gasteiger partial charge is 0.311 e. The first kappa shape index (κ1) is 16.3. The Morgan fingerprint density at radius 3 is 2.56 bits per heavy atom. The van der Waals surface area contributed by atoms with E-state index in [1.54, 1.807) is 0 Å². The fourth-order valence-corrected chi connectivity index (χ4v) is 3.25. The third-order valence-electron chi connectivity index (χ3n) is 3.99. The second kappa shape index (κ2) is 7.76. The molecule has 0 aromatic carbocycles. The maximum Gasteiger partial charge on any atom is 0.0244 e. The third-order valence-corrected chi connectivity index (χ3v) is 4.97. The molecule has 1 saturated heterocycles. The summed E-state index contributed by atoms with van der Waals surface area (Å²) in [5.41, 5.74) is 0.370. The fourth-order valence-electron chi connectivity index (χ4n) is 2.63. The molecule has 18 heavy (non-hydrogen) atoms. The Morgan fingerprint density at radius 2 is 2.00 bits per heavy atom. The summed E-state index contributed by atoms with van der Waals surface area (Å²) in [7, 11) is 0. The van der Waals surface area contributed by atoms with Crippen molar-refractivity contribution >= 4 is 11.8 Å². The Balaban J connectivity index is 2.43. The number of hydrogen-bond donors (Lipinski definition) is 1. The highest BCUT2D eigenvalue weighted by Gasteiger charge is 2.32. The molecule has 0 saturated carbocycles. The molecule has 2 atom stereocenters. The van der Waals surface area contributed by atoms with Crippen LogP contribution in [0.2, 0.25) is 0 Å². The number of nitrogens with zero attached hydrogens (tertiary/aromatic N) is 1. The van der Waals surface area contributed by atoms with Crippen LogP contribution in [0.4, 0.5) is 0 Å². The molecule has 1 heterocycles. The lowest BCUT2D eigenvalue weighted by molar-refractivity contribution is 0.0840. The Kier molecular flexibility index (Phi) is 7.04. The quantitative estimate of drug-likeness (QED) is 0.747. The van der Waals surface area contributed by atoms with E-state index in [9.17, 15) is 0 Å². The molecule has 1 rings (SSSR count). The van der Waals surface area contributed by atoms with E-state index in [1.165, 1.54) is 44.0 Å². The number of nitrogens with one attached hydrogen (secondary N) is 1. The average Bonchev–Trinajstić information content (AvgIpc) is 2.33. The van der Waals surface area contributed by atoms with Gasteiger partial charge in [0.05, 0.1) is 0 Å². The van der Waals surface area contributed by atoms with E-state index >= 15 is 0 Å². The molecular formula is C15H32N2S. The molecule has 108 valence electrons. The van der Waals surface area contributed by atoms with Gasteiger partial charge in [0.2, 0.25) is 0 Å². The van der Waals surface area contributed by atoms with Crippen molar-refractivity contribution in [3.05, 3.63) is 0 Å². The van der Waals surface area contributed by atoms with Gasteiger partial charge in [-0.15, -0.1) is 0 Å². The maximum atomic E-state index is 3.74. The lowest BCUT2D eigenvalue weighted by Crippen LogP contribution is -2.60. The molecule has 1 fully saturated rings. The highest BCUT2D eigenvalue weighted by Crippen LogP contribution is 2.24. The Morgan fingerprint density at radius 1 is 1.28 bits per heavy atom. The summed E-state index contributed by atoms with van der Waals surface area (Å²) >= 11 is 2.07. The second-order valence-corrected chi connectivity index (χ2v) is 7.83. The first-order valence-corrected chi connectivity index (χ1v) is 8.69. The molecule has 1 N–H and O–H groups in total. The summed E-state index contributed by atoms with van der Waals surface area (Å²) < 4.78 is 0. The van der Waals surface area contributed by atoms with E-state index in [2.05, 4.69) is 56.6 Å². The lowest BCUT2D eigenvalue weighted by Gasteiger charge is -2.45. The van der Waals surface area contributed by atoms with Crippen LogP contribution in [0, 0.1) is 5.41 Å². The monoisotopic (exact) mass is 272 g/mol. The van der Waals surface area contributed by atoms with Crippen molar-refractivity contribution in [1.82, 2.24) is 10.2 Å². The topological polar surface area (TPSA) is 15.3 Å².